The molecule has 26 heavy (non-hydrogen) atoms. The second-order valence-corrected chi connectivity index (χ2v) is 6.20. The Balaban J connectivity index is 2.10. The van der Waals surface area contributed by atoms with Gasteiger partial charge in [0.05, 0.1) is 11.3 Å². The van der Waals surface area contributed by atoms with Gasteiger partial charge in [0, 0.05) is 22.8 Å². The maximum Gasteiger partial charge on any atom is 0.196 e. The summed E-state index contributed by atoms with van der Waals surface area (Å²) >= 11 is 0. The first-order valence-electron chi connectivity index (χ1n) is 8.21. The van der Waals surface area contributed by atoms with Crippen molar-refractivity contribution in [2.45, 2.75) is 13.8 Å². The first-order valence-corrected chi connectivity index (χ1v) is 8.21. The third kappa shape index (κ3) is 3.09. The van der Waals surface area contributed by atoms with Crippen LogP contribution in [0.15, 0.2) is 60.7 Å². The fraction of sp³-hybridized carbons (Fsp3) is 0.0909. The van der Waals surface area contributed by atoms with Gasteiger partial charge >= 0.3 is 0 Å². The predicted molar refractivity (Wildman–Crippen MR) is 101 cm³/mol. The van der Waals surface area contributed by atoms with Crippen LogP contribution in [0, 0.1) is 19.3 Å². The standard InChI is InChI=1S/C22H19NO3/c1-13-7-6-10-16(14(13)2)21(23)17-11-18(20(25)12-19(17)24)22(26)15-8-4-3-5-9-15/h3-12,23-25H,1-2H3. The molecule has 0 fully saturated rings. The van der Waals surface area contributed by atoms with Gasteiger partial charge in [-0.25, -0.2) is 0 Å². The van der Waals surface area contributed by atoms with Crippen LogP contribution < -0.4 is 0 Å². The lowest BCUT2D eigenvalue weighted by molar-refractivity contribution is 0.103. The van der Waals surface area contributed by atoms with E-state index in [-0.39, 0.29) is 34.1 Å². The minimum Gasteiger partial charge on any atom is -0.507 e. The Morgan fingerprint density at radius 3 is 2.15 bits per heavy atom. The fourth-order valence-electron chi connectivity index (χ4n) is 2.87. The minimum atomic E-state index is -0.363. The van der Waals surface area contributed by atoms with Crippen LogP contribution in [0.25, 0.3) is 0 Å². The molecule has 0 unspecified atom stereocenters. The second kappa shape index (κ2) is 6.84. The topological polar surface area (TPSA) is 81.4 Å². The molecule has 0 saturated carbocycles. The summed E-state index contributed by atoms with van der Waals surface area (Å²) < 4.78 is 0. The zero-order chi connectivity index (χ0) is 18.8. The van der Waals surface area contributed by atoms with Crippen molar-refractivity contribution in [1.29, 1.82) is 5.41 Å². The largest absolute Gasteiger partial charge is 0.507 e. The van der Waals surface area contributed by atoms with Crippen LogP contribution >= 0.6 is 0 Å². The number of rotatable bonds is 4. The van der Waals surface area contributed by atoms with Gasteiger partial charge in [-0.3, -0.25) is 10.2 Å². The maximum absolute atomic E-state index is 12.7. The molecule has 0 heterocycles. The van der Waals surface area contributed by atoms with Gasteiger partial charge in [-0.1, -0.05) is 48.5 Å². The van der Waals surface area contributed by atoms with E-state index in [1.807, 2.05) is 26.0 Å². The first kappa shape index (κ1) is 17.4. The summed E-state index contributed by atoms with van der Waals surface area (Å²) in [7, 11) is 0. The number of aryl methyl sites for hydroxylation is 1. The highest BCUT2D eigenvalue weighted by atomic mass is 16.3. The quantitative estimate of drug-likeness (QED) is 0.485. The number of nitrogens with one attached hydrogen (secondary N) is 1. The Kier molecular flexibility index (Phi) is 4.59. The molecule has 4 nitrogen and oxygen atoms in total. The van der Waals surface area contributed by atoms with Crippen LogP contribution in [0.3, 0.4) is 0 Å². The number of phenolic OH excluding ortho intramolecular Hbond substituents is 2. The molecule has 3 aromatic carbocycles. The zero-order valence-electron chi connectivity index (χ0n) is 14.6. The Hall–Kier alpha value is -3.40. The van der Waals surface area contributed by atoms with Crippen LogP contribution in [0.2, 0.25) is 0 Å². The van der Waals surface area contributed by atoms with Crippen molar-refractivity contribution in [2.75, 3.05) is 0 Å². The minimum absolute atomic E-state index is 0.0547. The molecule has 0 saturated heterocycles. The van der Waals surface area contributed by atoms with Gasteiger partial charge in [0.25, 0.3) is 0 Å². The van der Waals surface area contributed by atoms with Gasteiger partial charge in [-0.15, -0.1) is 0 Å². The molecule has 0 bridgehead atoms. The van der Waals surface area contributed by atoms with Gasteiger partial charge in [0.2, 0.25) is 0 Å². The zero-order valence-corrected chi connectivity index (χ0v) is 14.6. The monoisotopic (exact) mass is 345 g/mol. The van der Waals surface area contributed by atoms with Crippen molar-refractivity contribution < 1.29 is 15.0 Å². The Morgan fingerprint density at radius 2 is 1.46 bits per heavy atom. The van der Waals surface area contributed by atoms with Gasteiger partial charge < -0.3 is 10.2 Å². The van der Waals surface area contributed by atoms with Crippen LogP contribution in [-0.4, -0.2) is 21.7 Å². The van der Waals surface area contributed by atoms with Crippen molar-refractivity contribution >= 4 is 11.5 Å². The van der Waals surface area contributed by atoms with Crippen molar-refractivity contribution in [3.8, 4) is 11.5 Å². The van der Waals surface area contributed by atoms with Crippen molar-refractivity contribution in [1.82, 2.24) is 0 Å². The summed E-state index contributed by atoms with van der Waals surface area (Å²) in [5.74, 6) is -0.912. The molecular formula is C22H19NO3. The van der Waals surface area contributed by atoms with Crippen LogP contribution in [0.4, 0.5) is 0 Å². The first-order chi connectivity index (χ1) is 12.4. The predicted octanol–water partition coefficient (Wildman–Crippen LogP) is 4.36. The molecule has 0 amide bonds. The summed E-state index contributed by atoms with van der Waals surface area (Å²) in [4.78, 5) is 12.7. The number of benzene rings is 3. The smallest absolute Gasteiger partial charge is 0.196 e. The van der Waals surface area contributed by atoms with Gasteiger partial charge in [-0.2, -0.15) is 0 Å². The van der Waals surface area contributed by atoms with E-state index < -0.39 is 0 Å². The number of hydrogen-bond acceptors (Lipinski definition) is 4. The summed E-state index contributed by atoms with van der Waals surface area (Å²) in [6.45, 7) is 3.86. The highest BCUT2D eigenvalue weighted by Crippen LogP contribution is 2.31. The van der Waals surface area contributed by atoms with E-state index in [0.717, 1.165) is 17.2 Å². The maximum atomic E-state index is 12.7. The van der Waals surface area contributed by atoms with Crippen molar-refractivity contribution in [3.63, 3.8) is 0 Å². The number of carbonyl (C=O) groups is 1. The SMILES string of the molecule is Cc1cccc(C(=N)c2cc(C(=O)c3ccccc3)c(O)cc2O)c1C. The molecule has 3 N–H and O–H groups in total. The number of carbonyl (C=O) groups excluding carboxylic acids is 1. The van der Waals surface area contributed by atoms with E-state index in [1.54, 1.807) is 36.4 Å². The van der Waals surface area contributed by atoms with E-state index in [4.69, 9.17) is 5.41 Å². The fourth-order valence-corrected chi connectivity index (χ4v) is 2.87. The molecule has 0 spiro atoms. The Bertz CT molecular complexity index is 1010. The third-order valence-electron chi connectivity index (χ3n) is 4.54. The van der Waals surface area contributed by atoms with E-state index in [0.29, 0.717) is 11.1 Å². The van der Waals surface area contributed by atoms with Crippen LogP contribution in [-0.2, 0) is 0 Å². The molecule has 3 aromatic rings. The number of aromatic hydroxyl groups is 2. The van der Waals surface area contributed by atoms with Gasteiger partial charge in [0.1, 0.15) is 11.5 Å². The molecule has 4 heteroatoms. The molecule has 0 aliphatic heterocycles. The third-order valence-corrected chi connectivity index (χ3v) is 4.54. The molecule has 0 atom stereocenters. The molecule has 130 valence electrons. The van der Waals surface area contributed by atoms with Crippen LogP contribution in [0.1, 0.15) is 38.2 Å². The Labute approximate surface area is 151 Å². The van der Waals surface area contributed by atoms with Crippen molar-refractivity contribution in [2.24, 2.45) is 0 Å². The highest BCUT2D eigenvalue weighted by Gasteiger charge is 2.20. The lowest BCUT2D eigenvalue weighted by atomic mass is 9.92. The van der Waals surface area contributed by atoms with Gasteiger partial charge in [0.15, 0.2) is 5.78 Å². The normalized spacial score (nSPS) is 10.5. The summed E-state index contributed by atoms with van der Waals surface area (Å²) in [6.07, 6.45) is 0. The van der Waals surface area contributed by atoms with Crippen LogP contribution in [0.5, 0.6) is 11.5 Å². The van der Waals surface area contributed by atoms with E-state index in [1.165, 1.54) is 6.07 Å². The summed E-state index contributed by atoms with van der Waals surface area (Å²) in [5.41, 5.74) is 3.43. The van der Waals surface area contributed by atoms with Crippen molar-refractivity contribution in [3.05, 3.63) is 94.0 Å². The van der Waals surface area contributed by atoms with E-state index >= 15 is 0 Å². The highest BCUT2D eigenvalue weighted by molar-refractivity contribution is 6.16. The number of ketones is 1. The molecule has 3 rings (SSSR count). The molecule has 0 aliphatic carbocycles. The summed E-state index contributed by atoms with van der Waals surface area (Å²) in [6, 6.07) is 16.7. The summed E-state index contributed by atoms with van der Waals surface area (Å²) in [5, 5.41) is 28.9. The van der Waals surface area contributed by atoms with E-state index in [2.05, 4.69) is 0 Å². The molecule has 0 aliphatic rings. The Morgan fingerprint density at radius 1 is 0.808 bits per heavy atom. The number of hydrogen-bond donors (Lipinski definition) is 3. The average molecular weight is 345 g/mol. The molecule has 0 radical (unpaired) electrons. The number of phenols is 2. The average Bonchev–Trinajstić information content (AvgIpc) is 2.64. The van der Waals surface area contributed by atoms with Gasteiger partial charge in [-0.05, 0) is 31.0 Å². The lowest BCUT2D eigenvalue weighted by Gasteiger charge is -2.13. The molecular weight excluding hydrogens is 326 g/mol. The molecule has 0 aromatic heterocycles. The second-order valence-electron chi connectivity index (χ2n) is 6.20. The van der Waals surface area contributed by atoms with E-state index in [9.17, 15) is 15.0 Å². The lowest BCUT2D eigenvalue weighted by Crippen LogP contribution is -2.08.